The van der Waals surface area contributed by atoms with Gasteiger partial charge in [-0.25, -0.2) is 0 Å². The lowest BCUT2D eigenvalue weighted by molar-refractivity contribution is 0.0620. The molecule has 1 aromatic heterocycles. The van der Waals surface area contributed by atoms with Gasteiger partial charge in [0.1, 0.15) is 0 Å². The molecule has 14 heavy (non-hydrogen) atoms. The number of aryl methyl sites for hydroxylation is 1. The molecule has 1 aliphatic rings. The van der Waals surface area contributed by atoms with Gasteiger partial charge in [-0.1, -0.05) is 6.92 Å². The van der Waals surface area contributed by atoms with E-state index >= 15 is 0 Å². The van der Waals surface area contributed by atoms with Gasteiger partial charge >= 0.3 is 0 Å². The number of thiophene rings is 1. The van der Waals surface area contributed by atoms with Crippen LogP contribution in [0.15, 0.2) is 12.1 Å². The summed E-state index contributed by atoms with van der Waals surface area (Å²) >= 11 is 1.89. The number of nitrogens with one attached hydrogen (secondary N) is 1. The summed E-state index contributed by atoms with van der Waals surface area (Å²) in [6, 6.07) is 4.94. The SMILES string of the molecule is CCc1ccc(CNC2CC(O)C2)s1. The predicted octanol–water partition coefficient (Wildman–Crippen LogP) is 1.92. The topological polar surface area (TPSA) is 32.3 Å². The first-order valence-corrected chi connectivity index (χ1v) is 6.08. The fraction of sp³-hybridized carbons (Fsp3) is 0.636. The van der Waals surface area contributed by atoms with Crippen molar-refractivity contribution in [1.29, 1.82) is 0 Å². The minimum Gasteiger partial charge on any atom is -0.393 e. The fourth-order valence-electron chi connectivity index (χ4n) is 1.71. The number of aliphatic hydroxyl groups excluding tert-OH is 1. The average molecular weight is 211 g/mol. The van der Waals surface area contributed by atoms with Crippen LogP contribution in [0.2, 0.25) is 0 Å². The van der Waals surface area contributed by atoms with E-state index in [4.69, 9.17) is 5.11 Å². The molecule has 0 aromatic carbocycles. The molecule has 0 amide bonds. The Labute approximate surface area is 89.0 Å². The second-order valence-electron chi connectivity index (χ2n) is 3.92. The van der Waals surface area contributed by atoms with Crippen LogP contribution in [0.3, 0.4) is 0 Å². The van der Waals surface area contributed by atoms with Gasteiger partial charge < -0.3 is 10.4 Å². The molecule has 0 unspecified atom stereocenters. The van der Waals surface area contributed by atoms with Gasteiger partial charge in [0, 0.05) is 22.3 Å². The molecule has 0 spiro atoms. The van der Waals surface area contributed by atoms with Gasteiger partial charge in [-0.05, 0) is 31.4 Å². The van der Waals surface area contributed by atoms with Crippen LogP contribution in [-0.4, -0.2) is 17.3 Å². The van der Waals surface area contributed by atoms with Crippen LogP contribution in [0.25, 0.3) is 0 Å². The summed E-state index contributed by atoms with van der Waals surface area (Å²) in [5, 5.41) is 12.6. The Hall–Kier alpha value is -0.380. The van der Waals surface area contributed by atoms with E-state index in [2.05, 4.69) is 24.4 Å². The molecule has 0 bridgehead atoms. The minimum absolute atomic E-state index is 0.0537. The molecule has 2 N–H and O–H groups in total. The lowest BCUT2D eigenvalue weighted by Crippen LogP contribution is -2.43. The Morgan fingerprint density at radius 1 is 1.43 bits per heavy atom. The highest BCUT2D eigenvalue weighted by molar-refractivity contribution is 7.11. The largest absolute Gasteiger partial charge is 0.393 e. The van der Waals surface area contributed by atoms with Gasteiger partial charge in [-0.2, -0.15) is 0 Å². The van der Waals surface area contributed by atoms with Crippen LogP contribution < -0.4 is 5.32 Å². The summed E-state index contributed by atoms with van der Waals surface area (Å²) < 4.78 is 0. The van der Waals surface area contributed by atoms with Crippen LogP contribution >= 0.6 is 11.3 Å². The third kappa shape index (κ3) is 2.35. The molecule has 0 radical (unpaired) electrons. The molecule has 2 nitrogen and oxygen atoms in total. The fourth-order valence-corrected chi connectivity index (χ4v) is 2.62. The molecule has 1 heterocycles. The first-order chi connectivity index (χ1) is 6.78. The molecule has 0 atom stereocenters. The maximum absolute atomic E-state index is 9.12. The molecular formula is C11H17NOS. The lowest BCUT2D eigenvalue weighted by atomic mass is 9.89. The molecule has 1 saturated carbocycles. The molecule has 0 saturated heterocycles. The molecule has 0 aliphatic heterocycles. The average Bonchev–Trinajstić information content (AvgIpc) is 2.58. The number of hydrogen-bond acceptors (Lipinski definition) is 3. The highest BCUT2D eigenvalue weighted by atomic mass is 32.1. The van der Waals surface area contributed by atoms with Gasteiger partial charge in [-0.3, -0.25) is 0 Å². The summed E-state index contributed by atoms with van der Waals surface area (Å²) in [4.78, 5) is 2.86. The van der Waals surface area contributed by atoms with Gasteiger partial charge in [0.2, 0.25) is 0 Å². The van der Waals surface area contributed by atoms with E-state index in [0.717, 1.165) is 25.8 Å². The maximum Gasteiger partial charge on any atom is 0.0570 e. The van der Waals surface area contributed by atoms with Crippen LogP contribution in [0.1, 0.15) is 29.5 Å². The van der Waals surface area contributed by atoms with E-state index in [1.165, 1.54) is 9.75 Å². The van der Waals surface area contributed by atoms with E-state index in [0.29, 0.717) is 6.04 Å². The second kappa shape index (κ2) is 4.43. The Kier molecular flexibility index (Phi) is 3.21. The summed E-state index contributed by atoms with van der Waals surface area (Å²) in [5.74, 6) is 0. The van der Waals surface area contributed by atoms with E-state index in [9.17, 15) is 0 Å². The van der Waals surface area contributed by atoms with Crippen LogP contribution in [0.5, 0.6) is 0 Å². The van der Waals surface area contributed by atoms with Crippen LogP contribution in [0.4, 0.5) is 0 Å². The van der Waals surface area contributed by atoms with Crippen molar-refractivity contribution in [2.75, 3.05) is 0 Å². The van der Waals surface area contributed by atoms with Crippen molar-refractivity contribution in [2.45, 2.75) is 44.9 Å². The van der Waals surface area contributed by atoms with E-state index in [1.54, 1.807) is 0 Å². The zero-order valence-electron chi connectivity index (χ0n) is 8.49. The highest BCUT2D eigenvalue weighted by Gasteiger charge is 2.26. The Bertz CT molecular complexity index is 291. The maximum atomic E-state index is 9.12. The monoisotopic (exact) mass is 211 g/mol. The molecule has 2 rings (SSSR count). The second-order valence-corrected chi connectivity index (χ2v) is 5.18. The molecule has 1 aromatic rings. The molecule has 3 heteroatoms. The van der Waals surface area contributed by atoms with Crippen molar-refractivity contribution in [1.82, 2.24) is 5.32 Å². The van der Waals surface area contributed by atoms with Gasteiger partial charge in [0.25, 0.3) is 0 Å². The van der Waals surface area contributed by atoms with Crippen molar-refractivity contribution < 1.29 is 5.11 Å². The summed E-state index contributed by atoms with van der Waals surface area (Å²) in [6.07, 6.45) is 2.92. The number of rotatable bonds is 4. The Morgan fingerprint density at radius 2 is 2.14 bits per heavy atom. The van der Waals surface area contributed by atoms with Crippen molar-refractivity contribution in [3.05, 3.63) is 21.9 Å². The lowest BCUT2D eigenvalue weighted by Gasteiger charge is -2.32. The smallest absolute Gasteiger partial charge is 0.0570 e. The van der Waals surface area contributed by atoms with E-state index in [1.807, 2.05) is 11.3 Å². The third-order valence-electron chi connectivity index (χ3n) is 2.74. The first kappa shape index (κ1) is 10.1. The highest BCUT2D eigenvalue weighted by Crippen LogP contribution is 2.21. The Balaban J connectivity index is 1.75. The van der Waals surface area contributed by atoms with Crippen molar-refractivity contribution in [3.8, 4) is 0 Å². The molecular weight excluding hydrogens is 194 g/mol. The van der Waals surface area contributed by atoms with Crippen molar-refractivity contribution in [2.24, 2.45) is 0 Å². The number of aliphatic hydroxyl groups is 1. The van der Waals surface area contributed by atoms with Crippen molar-refractivity contribution >= 4 is 11.3 Å². The standard InChI is InChI=1S/C11H17NOS/c1-2-10-3-4-11(14-10)7-12-8-5-9(13)6-8/h3-4,8-9,12-13H,2,5-7H2,1H3. The van der Waals surface area contributed by atoms with Crippen molar-refractivity contribution in [3.63, 3.8) is 0 Å². The van der Waals surface area contributed by atoms with Crippen LogP contribution in [-0.2, 0) is 13.0 Å². The third-order valence-corrected chi connectivity index (χ3v) is 3.97. The minimum atomic E-state index is -0.0537. The Morgan fingerprint density at radius 3 is 2.71 bits per heavy atom. The molecule has 78 valence electrons. The van der Waals surface area contributed by atoms with Gasteiger partial charge in [0.15, 0.2) is 0 Å². The quantitative estimate of drug-likeness (QED) is 0.797. The first-order valence-electron chi connectivity index (χ1n) is 5.27. The molecule has 1 aliphatic carbocycles. The van der Waals surface area contributed by atoms with Gasteiger partial charge in [0.05, 0.1) is 6.10 Å². The summed E-state index contributed by atoms with van der Waals surface area (Å²) in [6.45, 7) is 3.15. The van der Waals surface area contributed by atoms with Gasteiger partial charge in [-0.15, -0.1) is 11.3 Å². The number of hydrogen-bond donors (Lipinski definition) is 2. The zero-order chi connectivity index (χ0) is 9.97. The van der Waals surface area contributed by atoms with E-state index < -0.39 is 0 Å². The summed E-state index contributed by atoms with van der Waals surface area (Å²) in [5.41, 5.74) is 0. The predicted molar refractivity (Wildman–Crippen MR) is 59.6 cm³/mol. The normalized spacial score (nSPS) is 26.1. The summed E-state index contributed by atoms with van der Waals surface area (Å²) in [7, 11) is 0. The zero-order valence-corrected chi connectivity index (χ0v) is 9.31. The van der Waals surface area contributed by atoms with E-state index in [-0.39, 0.29) is 6.10 Å². The molecule has 1 fully saturated rings. The van der Waals surface area contributed by atoms with Crippen LogP contribution in [0, 0.1) is 0 Å².